The number of rotatable bonds is 4. The van der Waals surface area contributed by atoms with E-state index in [9.17, 15) is 4.79 Å². The van der Waals surface area contributed by atoms with Crippen LogP contribution >= 0.6 is 0 Å². The Morgan fingerprint density at radius 2 is 1.90 bits per heavy atom. The highest BCUT2D eigenvalue weighted by atomic mass is 16.6. The topological polar surface area (TPSA) is 86.9 Å². The molecule has 1 saturated heterocycles. The Bertz CT molecular complexity index is 1070. The van der Waals surface area contributed by atoms with Crippen molar-refractivity contribution in [3.63, 3.8) is 0 Å². The Balaban J connectivity index is 1.20. The van der Waals surface area contributed by atoms with E-state index in [1.165, 1.54) is 0 Å². The average molecular weight is 421 g/mol. The largest absolute Gasteiger partial charge is 0.497 e. The van der Waals surface area contributed by atoms with Gasteiger partial charge in [0, 0.05) is 24.6 Å². The van der Waals surface area contributed by atoms with E-state index in [4.69, 9.17) is 18.7 Å². The van der Waals surface area contributed by atoms with Gasteiger partial charge < -0.3 is 23.6 Å². The standard InChI is InChI=1S/C23H23N3O5/c1-28-17-6-4-5-16(13-17)22-24-21(25-31-22)15-9-11-26(12-10-15)23(27)20-14-29-18-7-2-3-8-19(18)30-20/h2-8,13,15,20H,9-12,14H2,1H3/t20-/m0/s1. The fraction of sp³-hybridized carbons (Fsp3) is 0.348. The Hall–Kier alpha value is -3.55. The predicted molar refractivity (Wildman–Crippen MR) is 111 cm³/mol. The molecule has 3 aromatic rings. The zero-order chi connectivity index (χ0) is 21.2. The lowest BCUT2D eigenvalue weighted by molar-refractivity contribution is -0.142. The number of hydrogen-bond acceptors (Lipinski definition) is 7. The van der Waals surface area contributed by atoms with Gasteiger partial charge in [-0.2, -0.15) is 4.98 Å². The first-order valence-electron chi connectivity index (χ1n) is 10.4. The van der Waals surface area contributed by atoms with Crippen LogP contribution in [0.2, 0.25) is 0 Å². The van der Waals surface area contributed by atoms with E-state index in [-0.39, 0.29) is 18.4 Å². The van der Waals surface area contributed by atoms with Crippen molar-refractivity contribution in [2.75, 3.05) is 26.8 Å². The maximum absolute atomic E-state index is 12.9. The molecule has 1 amide bonds. The molecule has 1 fully saturated rings. The van der Waals surface area contributed by atoms with Gasteiger partial charge in [0.05, 0.1) is 7.11 Å². The predicted octanol–water partition coefficient (Wildman–Crippen LogP) is 3.29. The molecule has 5 rings (SSSR count). The Morgan fingerprint density at radius 1 is 1.10 bits per heavy atom. The maximum Gasteiger partial charge on any atom is 0.267 e. The third-order valence-electron chi connectivity index (χ3n) is 5.71. The fourth-order valence-corrected chi connectivity index (χ4v) is 3.98. The number of ether oxygens (including phenoxy) is 3. The SMILES string of the molecule is COc1cccc(-c2nc(C3CCN(C(=O)[C@@H]4COc5ccccc5O4)CC3)no2)c1. The first-order chi connectivity index (χ1) is 15.2. The van der Waals surface area contributed by atoms with Crippen molar-refractivity contribution in [2.45, 2.75) is 24.9 Å². The number of aromatic nitrogens is 2. The molecule has 0 saturated carbocycles. The summed E-state index contributed by atoms with van der Waals surface area (Å²) < 4.78 is 22.3. The first-order valence-corrected chi connectivity index (χ1v) is 10.4. The summed E-state index contributed by atoms with van der Waals surface area (Å²) in [6.07, 6.45) is 0.927. The van der Waals surface area contributed by atoms with Gasteiger partial charge in [0.25, 0.3) is 11.8 Å². The fourth-order valence-electron chi connectivity index (χ4n) is 3.98. The summed E-state index contributed by atoms with van der Waals surface area (Å²) in [7, 11) is 1.62. The molecule has 0 spiro atoms. The molecular formula is C23H23N3O5. The number of benzene rings is 2. The van der Waals surface area contributed by atoms with Gasteiger partial charge in [0.1, 0.15) is 12.4 Å². The number of carbonyl (C=O) groups excluding carboxylic acids is 1. The Morgan fingerprint density at radius 3 is 2.71 bits per heavy atom. The number of nitrogens with zero attached hydrogens (tertiary/aromatic N) is 3. The van der Waals surface area contributed by atoms with Crippen molar-refractivity contribution in [3.05, 3.63) is 54.4 Å². The van der Waals surface area contributed by atoms with Crippen LogP contribution in [0.1, 0.15) is 24.6 Å². The molecule has 2 aliphatic heterocycles. The molecule has 8 heteroatoms. The van der Waals surface area contributed by atoms with Gasteiger partial charge in [0.2, 0.25) is 6.10 Å². The molecule has 0 unspecified atom stereocenters. The van der Waals surface area contributed by atoms with Gasteiger partial charge in [-0.05, 0) is 43.2 Å². The van der Waals surface area contributed by atoms with Gasteiger partial charge in [-0.3, -0.25) is 4.79 Å². The van der Waals surface area contributed by atoms with Gasteiger partial charge in [0.15, 0.2) is 17.3 Å². The highest BCUT2D eigenvalue weighted by Gasteiger charge is 2.34. The van der Waals surface area contributed by atoms with Crippen LogP contribution in [0.4, 0.5) is 0 Å². The second kappa shape index (κ2) is 8.29. The lowest BCUT2D eigenvalue weighted by atomic mass is 9.96. The highest BCUT2D eigenvalue weighted by Crippen LogP contribution is 2.33. The van der Waals surface area contributed by atoms with Crippen molar-refractivity contribution in [2.24, 2.45) is 0 Å². The van der Waals surface area contributed by atoms with Crippen LogP contribution in [-0.2, 0) is 4.79 Å². The number of piperidine rings is 1. The van der Waals surface area contributed by atoms with Crippen molar-refractivity contribution >= 4 is 5.91 Å². The molecule has 3 heterocycles. The number of amides is 1. The van der Waals surface area contributed by atoms with E-state index in [1.54, 1.807) is 7.11 Å². The molecule has 0 radical (unpaired) electrons. The molecule has 2 aromatic carbocycles. The average Bonchev–Trinajstić information content (AvgIpc) is 3.34. The van der Waals surface area contributed by atoms with E-state index in [2.05, 4.69) is 10.1 Å². The third kappa shape index (κ3) is 3.93. The van der Waals surface area contributed by atoms with Crippen LogP contribution < -0.4 is 14.2 Å². The van der Waals surface area contributed by atoms with Crippen molar-refractivity contribution in [1.82, 2.24) is 15.0 Å². The number of fused-ring (bicyclic) bond motifs is 1. The van der Waals surface area contributed by atoms with Crippen molar-refractivity contribution in [1.29, 1.82) is 0 Å². The van der Waals surface area contributed by atoms with Gasteiger partial charge in [-0.25, -0.2) is 0 Å². The van der Waals surface area contributed by atoms with Crippen molar-refractivity contribution < 1.29 is 23.5 Å². The molecule has 1 atom stereocenters. The summed E-state index contributed by atoms with van der Waals surface area (Å²) in [5.74, 6) is 3.28. The Labute approximate surface area is 179 Å². The quantitative estimate of drug-likeness (QED) is 0.639. The number of carbonyl (C=O) groups is 1. The number of likely N-dealkylation sites (tertiary alicyclic amines) is 1. The van der Waals surface area contributed by atoms with E-state index < -0.39 is 6.10 Å². The molecular weight excluding hydrogens is 398 g/mol. The molecule has 0 N–H and O–H groups in total. The molecule has 2 aliphatic rings. The van der Waals surface area contributed by atoms with E-state index in [0.29, 0.717) is 36.3 Å². The summed E-state index contributed by atoms with van der Waals surface area (Å²) in [6.45, 7) is 1.46. The highest BCUT2D eigenvalue weighted by molar-refractivity contribution is 5.82. The monoisotopic (exact) mass is 421 g/mol. The second-order valence-electron chi connectivity index (χ2n) is 7.65. The number of methoxy groups -OCH3 is 1. The van der Waals surface area contributed by atoms with Crippen molar-refractivity contribution in [3.8, 4) is 28.7 Å². The summed E-state index contributed by atoms with van der Waals surface area (Å²) in [6, 6.07) is 14.9. The number of para-hydroxylation sites is 2. The van der Waals surface area contributed by atoms with Gasteiger partial charge in [-0.1, -0.05) is 23.4 Å². The summed E-state index contributed by atoms with van der Waals surface area (Å²) in [5, 5.41) is 4.18. The molecule has 0 bridgehead atoms. The van der Waals surface area contributed by atoms with Crippen LogP contribution in [0.15, 0.2) is 53.1 Å². The smallest absolute Gasteiger partial charge is 0.267 e. The second-order valence-corrected chi connectivity index (χ2v) is 7.65. The van der Waals surface area contributed by atoms with Crippen LogP contribution in [0, 0.1) is 0 Å². The lowest BCUT2D eigenvalue weighted by Gasteiger charge is -2.34. The summed E-state index contributed by atoms with van der Waals surface area (Å²) >= 11 is 0. The minimum atomic E-state index is -0.615. The lowest BCUT2D eigenvalue weighted by Crippen LogP contribution is -2.48. The molecule has 31 heavy (non-hydrogen) atoms. The normalized spacial score (nSPS) is 18.6. The zero-order valence-corrected chi connectivity index (χ0v) is 17.2. The Kier molecular flexibility index (Phi) is 5.19. The minimum Gasteiger partial charge on any atom is -0.497 e. The zero-order valence-electron chi connectivity index (χ0n) is 17.2. The molecule has 0 aliphatic carbocycles. The van der Waals surface area contributed by atoms with E-state index >= 15 is 0 Å². The van der Waals surface area contributed by atoms with Crippen LogP contribution in [0.3, 0.4) is 0 Å². The third-order valence-corrected chi connectivity index (χ3v) is 5.71. The van der Waals surface area contributed by atoms with E-state index in [1.807, 2.05) is 53.4 Å². The van der Waals surface area contributed by atoms with Crippen LogP contribution in [-0.4, -0.2) is 53.9 Å². The minimum absolute atomic E-state index is 0.0434. The van der Waals surface area contributed by atoms with Gasteiger partial charge in [-0.15, -0.1) is 0 Å². The van der Waals surface area contributed by atoms with Crippen LogP contribution in [0.5, 0.6) is 17.2 Å². The first kappa shape index (κ1) is 19.4. The summed E-state index contributed by atoms with van der Waals surface area (Å²) in [5.41, 5.74) is 0.820. The van der Waals surface area contributed by atoms with Crippen LogP contribution in [0.25, 0.3) is 11.5 Å². The molecule has 1 aromatic heterocycles. The summed E-state index contributed by atoms with van der Waals surface area (Å²) in [4.78, 5) is 19.3. The number of hydrogen-bond donors (Lipinski definition) is 0. The van der Waals surface area contributed by atoms with Gasteiger partial charge >= 0.3 is 0 Å². The van der Waals surface area contributed by atoms with E-state index in [0.717, 1.165) is 24.2 Å². The molecule has 8 nitrogen and oxygen atoms in total. The molecule has 160 valence electrons. The maximum atomic E-state index is 12.9.